The summed E-state index contributed by atoms with van der Waals surface area (Å²) >= 11 is 5.82. The first-order valence-electron chi connectivity index (χ1n) is 6.52. The van der Waals surface area contributed by atoms with E-state index in [0.29, 0.717) is 12.0 Å². The zero-order valence-corrected chi connectivity index (χ0v) is 12.8. The molecule has 0 heterocycles. The number of benzene rings is 1. The maximum absolute atomic E-state index is 11.2. The minimum atomic E-state index is -1.18. The Hall–Kier alpha value is -1.26. The van der Waals surface area contributed by atoms with Crippen LogP contribution in [0, 0.1) is 5.41 Å². The number of nitrogens with one attached hydrogen (secondary N) is 1. The third-order valence-electron chi connectivity index (χ3n) is 3.14. The number of aliphatic hydroxyl groups is 1. The van der Waals surface area contributed by atoms with Gasteiger partial charge in [-0.15, -0.1) is 11.6 Å². The average molecular weight is 300 g/mol. The number of aliphatic hydroxyl groups excluding tert-OH is 1. The van der Waals surface area contributed by atoms with Crippen LogP contribution < -0.4 is 5.32 Å². The highest BCUT2D eigenvalue weighted by molar-refractivity contribution is 6.18. The molecule has 0 fully saturated rings. The van der Waals surface area contributed by atoms with E-state index in [0.717, 1.165) is 0 Å². The Labute approximate surface area is 124 Å². The third-order valence-corrected chi connectivity index (χ3v) is 3.44. The molecule has 0 aliphatic heterocycles. The van der Waals surface area contributed by atoms with E-state index in [4.69, 9.17) is 11.6 Å². The summed E-state index contributed by atoms with van der Waals surface area (Å²) in [7, 11) is 0. The maximum Gasteiger partial charge on any atom is 0.405 e. The highest BCUT2D eigenvalue weighted by atomic mass is 35.5. The molecule has 3 N–H and O–H groups in total. The van der Waals surface area contributed by atoms with E-state index in [-0.39, 0.29) is 11.3 Å². The molecule has 0 radical (unpaired) electrons. The third kappa shape index (κ3) is 4.12. The SMILES string of the molecule is CC(C)(C)C[C@](NC(=O)O)(c1ccccc1)[C@@H](O)CCl. The minimum Gasteiger partial charge on any atom is -0.465 e. The Morgan fingerprint density at radius 1 is 1.30 bits per heavy atom. The van der Waals surface area contributed by atoms with Crippen molar-refractivity contribution < 1.29 is 15.0 Å². The Kier molecular flexibility index (Phi) is 5.42. The Morgan fingerprint density at radius 3 is 2.25 bits per heavy atom. The van der Waals surface area contributed by atoms with Gasteiger partial charge in [0.15, 0.2) is 0 Å². The van der Waals surface area contributed by atoms with Crippen molar-refractivity contribution in [2.75, 3.05) is 5.88 Å². The van der Waals surface area contributed by atoms with Crippen molar-refractivity contribution >= 4 is 17.7 Å². The summed E-state index contributed by atoms with van der Waals surface area (Å²) in [5.74, 6) is -0.0503. The fourth-order valence-corrected chi connectivity index (χ4v) is 2.77. The smallest absolute Gasteiger partial charge is 0.405 e. The number of carboxylic acid groups (broad SMARTS) is 1. The molecule has 4 nitrogen and oxygen atoms in total. The van der Waals surface area contributed by atoms with Crippen molar-refractivity contribution in [1.29, 1.82) is 0 Å². The minimum absolute atomic E-state index is 0.0503. The average Bonchev–Trinajstić information content (AvgIpc) is 2.35. The van der Waals surface area contributed by atoms with Crippen LogP contribution in [0.5, 0.6) is 0 Å². The molecule has 0 saturated heterocycles. The Balaban J connectivity index is 3.36. The van der Waals surface area contributed by atoms with Gasteiger partial charge in [-0.05, 0) is 17.4 Å². The molecule has 5 heteroatoms. The molecule has 1 aromatic rings. The van der Waals surface area contributed by atoms with Gasteiger partial charge in [-0.2, -0.15) is 0 Å². The van der Waals surface area contributed by atoms with Gasteiger partial charge in [0.25, 0.3) is 0 Å². The summed E-state index contributed by atoms with van der Waals surface area (Å²) in [4.78, 5) is 11.2. The number of hydrogen-bond acceptors (Lipinski definition) is 2. The van der Waals surface area contributed by atoms with Gasteiger partial charge >= 0.3 is 6.09 Å². The van der Waals surface area contributed by atoms with Crippen molar-refractivity contribution in [3.05, 3.63) is 35.9 Å². The highest BCUT2D eigenvalue weighted by Gasteiger charge is 2.43. The van der Waals surface area contributed by atoms with Crippen LogP contribution in [0.15, 0.2) is 30.3 Å². The summed E-state index contributed by atoms with van der Waals surface area (Å²) in [6.07, 6.45) is -1.76. The largest absolute Gasteiger partial charge is 0.465 e. The zero-order chi connectivity index (χ0) is 15.4. The quantitative estimate of drug-likeness (QED) is 0.731. The van der Waals surface area contributed by atoms with E-state index in [2.05, 4.69) is 5.32 Å². The van der Waals surface area contributed by atoms with Crippen molar-refractivity contribution in [3.8, 4) is 0 Å². The van der Waals surface area contributed by atoms with E-state index in [1.165, 1.54) is 0 Å². The number of rotatable bonds is 5. The molecule has 112 valence electrons. The lowest BCUT2D eigenvalue weighted by Gasteiger charge is -2.42. The summed E-state index contributed by atoms with van der Waals surface area (Å²) in [6.45, 7) is 5.99. The zero-order valence-electron chi connectivity index (χ0n) is 12.1. The van der Waals surface area contributed by atoms with Crippen LogP contribution in [0.3, 0.4) is 0 Å². The monoisotopic (exact) mass is 299 g/mol. The lowest BCUT2D eigenvalue weighted by Crippen LogP contribution is -2.56. The number of hydrogen-bond donors (Lipinski definition) is 3. The Bertz CT molecular complexity index is 444. The first-order chi connectivity index (χ1) is 9.21. The lowest BCUT2D eigenvalue weighted by molar-refractivity contribution is 0.0439. The summed E-state index contributed by atoms with van der Waals surface area (Å²) in [6, 6.07) is 9.09. The number of carbonyl (C=O) groups is 1. The molecule has 1 aromatic carbocycles. The fraction of sp³-hybridized carbons (Fsp3) is 0.533. The van der Waals surface area contributed by atoms with Gasteiger partial charge in [0.1, 0.15) is 0 Å². The van der Waals surface area contributed by atoms with E-state index >= 15 is 0 Å². The number of alkyl halides is 1. The van der Waals surface area contributed by atoms with Crippen molar-refractivity contribution in [2.45, 2.75) is 38.8 Å². The second kappa shape index (κ2) is 6.46. The number of halogens is 1. The molecule has 1 rings (SSSR count). The van der Waals surface area contributed by atoms with Gasteiger partial charge in [0.05, 0.1) is 17.5 Å². The van der Waals surface area contributed by atoms with Crippen LogP contribution in [0.4, 0.5) is 4.79 Å². The van der Waals surface area contributed by atoms with Crippen molar-refractivity contribution in [1.82, 2.24) is 5.32 Å². The van der Waals surface area contributed by atoms with E-state index in [1.54, 1.807) is 12.1 Å². The van der Waals surface area contributed by atoms with Gasteiger partial charge in [-0.3, -0.25) is 0 Å². The molecule has 20 heavy (non-hydrogen) atoms. The standard InChI is InChI=1S/C15H22ClNO3/c1-14(2,3)10-15(12(18)9-16,17-13(19)20)11-7-5-4-6-8-11/h4-8,12,17-18H,9-10H2,1-3H3,(H,19,20)/t12-,15-/m0/s1. The summed E-state index contributed by atoms with van der Waals surface area (Å²) in [5, 5.41) is 22.1. The number of amides is 1. The molecule has 0 spiro atoms. The predicted octanol–water partition coefficient (Wildman–Crippen LogP) is 3.19. The molecule has 0 aliphatic rings. The van der Waals surface area contributed by atoms with Gasteiger partial charge in [0.2, 0.25) is 0 Å². The molecule has 1 amide bonds. The Morgan fingerprint density at radius 2 is 1.85 bits per heavy atom. The van der Waals surface area contributed by atoms with Crippen LogP contribution in [0.25, 0.3) is 0 Å². The molecular formula is C15H22ClNO3. The topological polar surface area (TPSA) is 69.6 Å². The van der Waals surface area contributed by atoms with Crippen molar-refractivity contribution in [3.63, 3.8) is 0 Å². The van der Waals surface area contributed by atoms with Crippen molar-refractivity contribution in [2.24, 2.45) is 5.41 Å². The van der Waals surface area contributed by atoms with Gasteiger partial charge in [-0.1, -0.05) is 51.1 Å². The molecule has 0 aromatic heterocycles. The van der Waals surface area contributed by atoms with Gasteiger partial charge < -0.3 is 15.5 Å². The van der Waals surface area contributed by atoms with E-state index in [9.17, 15) is 15.0 Å². The van der Waals surface area contributed by atoms with Gasteiger partial charge in [0, 0.05) is 0 Å². The molecule has 2 atom stereocenters. The molecule has 0 bridgehead atoms. The van der Waals surface area contributed by atoms with Crippen LogP contribution in [0.2, 0.25) is 0 Å². The first kappa shape index (κ1) is 16.8. The van der Waals surface area contributed by atoms with E-state index in [1.807, 2.05) is 39.0 Å². The fourth-order valence-electron chi connectivity index (χ4n) is 2.51. The van der Waals surface area contributed by atoms with Gasteiger partial charge in [-0.25, -0.2) is 4.79 Å². The van der Waals surface area contributed by atoms with Crippen LogP contribution in [-0.4, -0.2) is 28.3 Å². The molecule has 0 aliphatic carbocycles. The summed E-state index contributed by atoms with van der Waals surface area (Å²) in [5.41, 5.74) is -0.594. The summed E-state index contributed by atoms with van der Waals surface area (Å²) < 4.78 is 0. The second-order valence-electron chi connectivity index (χ2n) is 6.18. The molecule has 0 saturated carbocycles. The lowest BCUT2D eigenvalue weighted by atomic mass is 9.73. The highest BCUT2D eigenvalue weighted by Crippen LogP contribution is 2.38. The molecular weight excluding hydrogens is 278 g/mol. The second-order valence-corrected chi connectivity index (χ2v) is 6.48. The van der Waals surface area contributed by atoms with Crippen LogP contribution in [0.1, 0.15) is 32.8 Å². The normalized spacial score (nSPS) is 16.2. The first-order valence-corrected chi connectivity index (χ1v) is 7.05. The maximum atomic E-state index is 11.2. The van der Waals surface area contributed by atoms with Crippen LogP contribution in [-0.2, 0) is 5.54 Å². The van der Waals surface area contributed by atoms with Crippen LogP contribution >= 0.6 is 11.6 Å². The molecule has 0 unspecified atom stereocenters. The predicted molar refractivity (Wildman–Crippen MR) is 80.1 cm³/mol. The van der Waals surface area contributed by atoms with E-state index < -0.39 is 17.7 Å².